The predicted octanol–water partition coefficient (Wildman–Crippen LogP) is 3.03. The number of rotatable bonds is 4. The van der Waals surface area contributed by atoms with Crippen LogP contribution in [0.3, 0.4) is 0 Å². The molecule has 0 aromatic heterocycles. The number of nitrogens with one attached hydrogen (secondary N) is 2. The van der Waals surface area contributed by atoms with Crippen molar-refractivity contribution in [3.63, 3.8) is 0 Å². The molecule has 2 rings (SSSR count). The molecule has 6 heteroatoms. The zero-order chi connectivity index (χ0) is 15.9. The molecule has 0 saturated heterocycles. The van der Waals surface area contributed by atoms with Crippen LogP contribution in [0, 0.1) is 6.92 Å². The van der Waals surface area contributed by atoms with E-state index in [4.69, 9.17) is 17.0 Å². The van der Waals surface area contributed by atoms with E-state index < -0.39 is 0 Å². The molecule has 22 heavy (non-hydrogen) atoms. The summed E-state index contributed by atoms with van der Waals surface area (Å²) in [6.07, 6.45) is 1.59. The molecule has 0 unspecified atom stereocenters. The van der Waals surface area contributed by atoms with E-state index in [1.54, 1.807) is 24.4 Å². The topological polar surface area (TPSA) is 65.9 Å². The highest BCUT2D eigenvalue weighted by atomic mass is 32.1. The lowest BCUT2D eigenvalue weighted by molar-refractivity contribution is 0.373. The molecule has 0 aliphatic carbocycles. The quantitative estimate of drug-likeness (QED) is 0.460. The maximum atomic E-state index is 9.52. The largest absolute Gasteiger partial charge is 0.504 e. The average molecular weight is 315 g/mol. The monoisotopic (exact) mass is 315 g/mol. The first kappa shape index (κ1) is 15.8. The maximum absolute atomic E-state index is 9.52. The second-order valence-corrected chi connectivity index (χ2v) is 5.03. The number of hydrazone groups is 1. The Bertz CT molecular complexity index is 684. The molecule has 114 valence electrons. The molecule has 0 atom stereocenters. The van der Waals surface area contributed by atoms with Crippen molar-refractivity contribution in [2.24, 2.45) is 5.10 Å². The summed E-state index contributed by atoms with van der Waals surface area (Å²) in [6, 6.07) is 12.8. The number of nitrogens with zero attached hydrogens (tertiary/aromatic N) is 1. The average Bonchev–Trinajstić information content (AvgIpc) is 2.51. The molecule has 0 heterocycles. The number of benzene rings is 2. The van der Waals surface area contributed by atoms with Crippen LogP contribution in [0.25, 0.3) is 0 Å². The molecule has 5 nitrogen and oxygen atoms in total. The van der Waals surface area contributed by atoms with Gasteiger partial charge < -0.3 is 15.2 Å². The number of thiocarbonyl (C=S) groups is 1. The summed E-state index contributed by atoms with van der Waals surface area (Å²) in [5.74, 6) is 0.480. The Morgan fingerprint density at radius 1 is 1.23 bits per heavy atom. The minimum Gasteiger partial charge on any atom is -0.504 e. The van der Waals surface area contributed by atoms with Gasteiger partial charge in [-0.2, -0.15) is 5.10 Å². The van der Waals surface area contributed by atoms with Crippen molar-refractivity contribution in [1.82, 2.24) is 5.43 Å². The van der Waals surface area contributed by atoms with Gasteiger partial charge in [0.25, 0.3) is 0 Å². The Hall–Kier alpha value is -2.60. The third-order valence-electron chi connectivity index (χ3n) is 2.89. The number of aromatic hydroxyl groups is 1. The van der Waals surface area contributed by atoms with Gasteiger partial charge in [0.1, 0.15) is 0 Å². The summed E-state index contributed by atoms with van der Waals surface area (Å²) < 4.78 is 5.03. The van der Waals surface area contributed by atoms with Gasteiger partial charge >= 0.3 is 0 Å². The van der Waals surface area contributed by atoms with E-state index in [1.807, 2.05) is 31.2 Å². The lowest BCUT2D eigenvalue weighted by Crippen LogP contribution is -2.23. The summed E-state index contributed by atoms with van der Waals surface area (Å²) in [7, 11) is 1.49. The van der Waals surface area contributed by atoms with Crippen molar-refractivity contribution >= 4 is 29.2 Å². The minimum absolute atomic E-state index is 0.0872. The van der Waals surface area contributed by atoms with E-state index >= 15 is 0 Å². The van der Waals surface area contributed by atoms with Crippen LogP contribution in [-0.4, -0.2) is 23.5 Å². The molecule has 0 saturated carbocycles. The molecular weight excluding hydrogens is 298 g/mol. The van der Waals surface area contributed by atoms with Crippen LogP contribution in [0.15, 0.2) is 47.6 Å². The van der Waals surface area contributed by atoms with Gasteiger partial charge in [0, 0.05) is 5.69 Å². The van der Waals surface area contributed by atoms with E-state index in [0.29, 0.717) is 10.9 Å². The van der Waals surface area contributed by atoms with Gasteiger partial charge in [-0.25, -0.2) is 0 Å². The number of phenols is 1. The van der Waals surface area contributed by atoms with E-state index in [2.05, 4.69) is 15.8 Å². The summed E-state index contributed by atoms with van der Waals surface area (Å²) in [4.78, 5) is 0. The molecule has 0 amide bonds. The first-order valence-corrected chi connectivity index (χ1v) is 7.03. The smallest absolute Gasteiger partial charge is 0.191 e. The highest BCUT2D eigenvalue weighted by molar-refractivity contribution is 7.80. The van der Waals surface area contributed by atoms with Crippen molar-refractivity contribution in [1.29, 1.82) is 0 Å². The first-order chi connectivity index (χ1) is 10.6. The number of hydrogen-bond acceptors (Lipinski definition) is 4. The summed E-state index contributed by atoms with van der Waals surface area (Å²) in [5.41, 5.74) is 5.59. The van der Waals surface area contributed by atoms with Gasteiger partial charge in [0.05, 0.1) is 13.3 Å². The highest BCUT2D eigenvalue weighted by Crippen LogP contribution is 2.25. The Kier molecular flexibility index (Phi) is 5.32. The fourth-order valence-electron chi connectivity index (χ4n) is 1.74. The molecule has 2 aromatic rings. The second kappa shape index (κ2) is 7.42. The van der Waals surface area contributed by atoms with Crippen LogP contribution in [0.1, 0.15) is 11.1 Å². The van der Waals surface area contributed by atoms with Crippen molar-refractivity contribution in [2.75, 3.05) is 12.4 Å². The van der Waals surface area contributed by atoms with Crippen molar-refractivity contribution < 1.29 is 9.84 Å². The van der Waals surface area contributed by atoms with Crippen LogP contribution in [0.5, 0.6) is 11.5 Å². The van der Waals surface area contributed by atoms with Gasteiger partial charge in [0.15, 0.2) is 16.6 Å². The third kappa shape index (κ3) is 4.46. The Morgan fingerprint density at radius 3 is 2.64 bits per heavy atom. The van der Waals surface area contributed by atoms with E-state index in [0.717, 1.165) is 11.3 Å². The molecular formula is C16H17N3O2S. The third-order valence-corrected chi connectivity index (χ3v) is 3.09. The fourth-order valence-corrected chi connectivity index (χ4v) is 1.91. The Morgan fingerprint density at radius 2 is 1.95 bits per heavy atom. The van der Waals surface area contributed by atoms with E-state index in [-0.39, 0.29) is 5.75 Å². The minimum atomic E-state index is 0.0872. The van der Waals surface area contributed by atoms with Gasteiger partial charge in [-0.05, 0) is 55.0 Å². The summed E-state index contributed by atoms with van der Waals surface area (Å²) in [6.45, 7) is 2.02. The maximum Gasteiger partial charge on any atom is 0.191 e. The lowest BCUT2D eigenvalue weighted by Gasteiger charge is -2.07. The van der Waals surface area contributed by atoms with Crippen LogP contribution < -0.4 is 15.5 Å². The molecule has 0 bridgehead atoms. The summed E-state index contributed by atoms with van der Waals surface area (Å²) >= 11 is 5.15. The number of ether oxygens (including phenoxy) is 1. The highest BCUT2D eigenvalue weighted by Gasteiger charge is 2.01. The molecule has 0 spiro atoms. The SMILES string of the molecule is COc1cc(C=NNC(=S)Nc2ccc(C)cc2)ccc1O. The predicted molar refractivity (Wildman–Crippen MR) is 92.8 cm³/mol. The number of phenolic OH excluding ortho intramolecular Hbond substituents is 1. The van der Waals surface area contributed by atoms with E-state index in [1.165, 1.54) is 12.7 Å². The normalized spacial score (nSPS) is 10.5. The van der Waals surface area contributed by atoms with Gasteiger partial charge in [0.2, 0.25) is 0 Å². The second-order valence-electron chi connectivity index (χ2n) is 4.62. The van der Waals surface area contributed by atoms with Crippen molar-refractivity contribution in [3.8, 4) is 11.5 Å². The number of methoxy groups -OCH3 is 1. The number of hydrogen-bond donors (Lipinski definition) is 3. The van der Waals surface area contributed by atoms with Crippen molar-refractivity contribution in [2.45, 2.75) is 6.92 Å². The Balaban J connectivity index is 1.91. The zero-order valence-corrected chi connectivity index (χ0v) is 13.1. The summed E-state index contributed by atoms with van der Waals surface area (Å²) in [5, 5.41) is 17.0. The molecule has 0 radical (unpaired) electrons. The Labute approximate surface area is 134 Å². The van der Waals surface area contributed by atoms with Crippen LogP contribution in [0.4, 0.5) is 5.69 Å². The van der Waals surface area contributed by atoms with E-state index in [9.17, 15) is 5.11 Å². The number of anilines is 1. The van der Waals surface area contributed by atoms with Crippen LogP contribution in [-0.2, 0) is 0 Å². The van der Waals surface area contributed by atoms with Gasteiger partial charge in [-0.1, -0.05) is 17.7 Å². The zero-order valence-electron chi connectivity index (χ0n) is 12.3. The van der Waals surface area contributed by atoms with Crippen LogP contribution in [0.2, 0.25) is 0 Å². The molecule has 0 aliphatic rings. The fraction of sp³-hybridized carbons (Fsp3) is 0.125. The first-order valence-electron chi connectivity index (χ1n) is 6.62. The van der Waals surface area contributed by atoms with Gasteiger partial charge in [-0.3, -0.25) is 5.43 Å². The molecule has 3 N–H and O–H groups in total. The van der Waals surface area contributed by atoms with Crippen molar-refractivity contribution in [3.05, 3.63) is 53.6 Å². The lowest BCUT2D eigenvalue weighted by atomic mass is 10.2. The molecule has 0 fully saturated rings. The number of aryl methyl sites for hydroxylation is 1. The van der Waals surface area contributed by atoms with Crippen LogP contribution >= 0.6 is 12.2 Å². The molecule has 0 aliphatic heterocycles. The van der Waals surface area contributed by atoms with Gasteiger partial charge in [-0.15, -0.1) is 0 Å². The molecule has 2 aromatic carbocycles. The standard InChI is InChI=1S/C16H17N3O2S/c1-11-3-6-13(7-4-11)18-16(22)19-17-10-12-5-8-14(20)15(9-12)21-2/h3-10,20H,1-2H3,(H2,18,19,22).